The molecule has 2 rings (SSSR count). The number of halogens is 1. The number of nitriles is 1. The van der Waals surface area contributed by atoms with E-state index in [0.717, 1.165) is 5.69 Å². The van der Waals surface area contributed by atoms with E-state index in [-0.39, 0.29) is 0 Å². The van der Waals surface area contributed by atoms with Crippen molar-refractivity contribution in [3.63, 3.8) is 0 Å². The number of ether oxygens (including phenoxy) is 1. The fraction of sp³-hybridized carbons (Fsp3) is 0.133. The van der Waals surface area contributed by atoms with Crippen LogP contribution in [0, 0.1) is 11.3 Å². The van der Waals surface area contributed by atoms with Crippen molar-refractivity contribution in [2.45, 2.75) is 0 Å². The highest BCUT2D eigenvalue weighted by Gasteiger charge is 2.08. The van der Waals surface area contributed by atoms with Crippen LogP contribution in [-0.4, -0.2) is 14.1 Å². The molecule has 0 aromatic heterocycles. The molecule has 0 aliphatic carbocycles. The second-order valence-corrected chi connectivity index (χ2v) is 5.33. The zero-order chi connectivity index (χ0) is 14.7. The van der Waals surface area contributed by atoms with Crippen LogP contribution in [0.1, 0.15) is 5.56 Å². The molecule has 0 atom stereocenters. The third-order valence-electron chi connectivity index (χ3n) is 2.79. The molecular weight excluding hydrogens is 318 g/mol. The fourth-order valence-electron chi connectivity index (χ4n) is 1.66. The molecule has 0 bridgehead atoms. The first kappa shape index (κ1) is 14.2. The van der Waals surface area contributed by atoms with E-state index in [1.54, 1.807) is 18.2 Å². The fourth-order valence-corrected chi connectivity index (χ4v) is 2.12. The van der Waals surface area contributed by atoms with Crippen molar-refractivity contribution in [2.24, 2.45) is 0 Å². The molecule has 0 fully saturated rings. The van der Waals surface area contributed by atoms with Crippen LogP contribution in [0.25, 0.3) is 0 Å². The second-order valence-electron chi connectivity index (χ2n) is 4.48. The smallest absolute Gasteiger partial charge is 0.152 e. The van der Waals surface area contributed by atoms with E-state index >= 15 is 0 Å². The van der Waals surface area contributed by atoms with Crippen LogP contribution in [0.4, 0.5) is 11.4 Å². The van der Waals surface area contributed by atoms with Crippen molar-refractivity contribution in [1.82, 2.24) is 0 Å². The predicted molar refractivity (Wildman–Crippen MR) is 84.1 cm³/mol. The molecule has 0 unspecified atom stereocenters. The Kier molecular flexibility index (Phi) is 4.16. The Bertz CT molecular complexity index is 677. The Hall–Kier alpha value is -2.19. The maximum atomic E-state index is 8.85. The minimum atomic E-state index is 0.562. The van der Waals surface area contributed by atoms with E-state index in [0.29, 0.717) is 27.2 Å². The molecule has 102 valence electrons. The standard InChI is InChI=1S/C15H14BrN3O/c1-19(2)11-4-5-13(18)15(8-11)20-14-6-3-10(9-17)7-12(14)16/h3-8H,18H2,1-2H3. The summed E-state index contributed by atoms with van der Waals surface area (Å²) in [6.45, 7) is 0. The summed E-state index contributed by atoms with van der Waals surface area (Å²) in [6.07, 6.45) is 0. The number of hydrogen-bond acceptors (Lipinski definition) is 4. The van der Waals surface area contributed by atoms with Gasteiger partial charge in [0.2, 0.25) is 0 Å². The van der Waals surface area contributed by atoms with Gasteiger partial charge in [0.1, 0.15) is 5.75 Å². The molecule has 2 aromatic carbocycles. The van der Waals surface area contributed by atoms with Gasteiger partial charge in [-0.15, -0.1) is 0 Å². The summed E-state index contributed by atoms with van der Waals surface area (Å²) in [6, 6.07) is 12.8. The van der Waals surface area contributed by atoms with Gasteiger partial charge < -0.3 is 15.4 Å². The zero-order valence-electron chi connectivity index (χ0n) is 11.2. The minimum absolute atomic E-state index is 0.562. The van der Waals surface area contributed by atoms with Crippen LogP contribution < -0.4 is 15.4 Å². The molecule has 0 aliphatic rings. The lowest BCUT2D eigenvalue weighted by molar-refractivity contribution is 0.482. The summed E-state index contributed by atoms with van der Waals surface area (Å²) in [5.41, 5.74) is 8.06. The van der Waals surface area contributed by atoms with Crippen molar-refractivity contribution in [3.8, 4) is 17.6 Å². The molecule has 5 heteroatoms. The van der Waals surface area contributed by atoms with Crippen LogP contribution >= 0.6 is 15.9 Å². The van der Waals surface area contributed by atoms with Crippen LogP contribution in [-0.2, 0) is 0 Å². The molecular formula is C15H14BrN3O. The number of benzene rings is 2. The number of rotatable bonds is 3. The van der Waals surface area contributed by atoms with Crippen molar-refractivity contribution in [1.29, 1.82) is 5.26 Å². The van der Waals surface area contributed by atoms with E-state index in [4.69, 9.17) is 15.7 Å². The number of hydrogen-bond donors (Lipinski definition) is 1. The average molecular weight is 332 g/mol. The number of nitrogen functional groups attached to an aromatic ring is 1. The van der Waals surface area contributed by atoms with Crippen LogP contribution in [0.3, 0.4) is 0 Å². The zero-order valence-corrected chi connectivity index (χ0v) is 12.8. The van der Waals surface area contributed by atoms with Gasteiger partial charge in [-0.1, -0.05) is 0 Å². The van der Waals surface area contributed by atoms with Gasteiger partial charge in [0.05, 0.1) is 21.8 Å². The van der Waals surface area contributed by atoms with Crippen molar-refractivity contribution in [3.05, 3.63) is 46.4 Å². The van der Waals surface area contributed by atoms with Gasteiger partial charge in [-0.3, -0.25) is 0 Å². The van der Waals surface area contributed by atoms with E-state index in [9.17, 15) is 0 Å². The predicted octanol–water partition coefficient (Wildman–Crippen LogP) is 3.76. The average Bonchev–Trinajstić information content (AvgIpc) is 2.42. The maximum Gasteiger partial charge on any atom is 0.152 e. The summed E-state index contributed by atoms with van der Waals surface area (Å²) in [5.74, 6) is 1.20. The molecule has 4 nitrogen and oxygen atoms in total. The molecule has 0 saturated heterocycles. The Morgan fingerprint density at radius 2 is 1.90 bits per heavy atom. The summed E-state index contributed by atoms with van der Waals surface area (Å²) in [5, 5.41) is 8.85. The quantitative estimate of drug-likeness (QED) is 0.870. The van der Waals surface area contributed by atoms with E-state index in [1.165, 1.54) is 0 Å². The van der Waals surface area contributed by atoms with Gasteiger partial charge >= 0.3 is 0 Å². The summed E-state index contributed by atoms with van der Waals surface area (Å²) in [4.78, 5) is 1.97. The monoisotopic (exact) mass is 331 g/mol. The Morgan fingerprint density at radius 1 is 1.15 bits per heavy atom. The number of nitrogens with two attached hydrogens (primary N) is 1. The normalized spacial score (nSPS) is 9.90. The highest BCUT2D eigenvalue weighted by molar-refractivity contribution is 9.10. The summed E-state index contributed by atoms with van der Waals surface area (Å²) < 4.78 is 6.54. The lowest BCUT2D eigenvalue weighted by Gasteiger charge is -2.16. The summed E-state index contributed by atoms with van der Waals surface area (Å²) >= 11 is 3.39. The Balaban J connectivity index is 2.35. The molecule has 0 radical (unpaired) electrons. The Morgan fingerprint density at radius 3 is 2.50 bits per heavy atom. The SMILES string of the molecule is CN(C)c1ccc(N)c(Oc2ccc(C#N)cc2Br)c1. The molecule has 0 heterocycles. The molecule has 20 heavy (non-hydrogen) atoms. The second kappa shape index (κ2) is 5.85. The van der Waals surface area contributed by atoms with E-state index in [1.807, 2.05) is 37.2 Å². The molecule has 2 aromatic rings. The molecule has 0 aliphatic heterocycles. The van der Waals surface area contributed by atoms with Crippen molar-refractivity contribution >= 4 is 27.3 Å². The van der Waals surface area contributed by atoms with Gasteiger partial charge in [0.25, 0.3) is 0 Å². The maximum absolute atomic E-state index is 8.85. The lowest BCUT2D eigenvalue weighted by atomic mass is 10.2. The van der Waals surface area contributed by atoms with E-state index < -0.39 is 0 Å². The van der Waals surface area contributed by atoms with Gasteiger partial charge in [0, 0.05) is 25.8 Å². The first-order valence-corrected chi connectivity index (χ1v) is 6.75. The van der Waals surface area contributed by atoms with Crippen LogP contribution in [0.2, 0.25) is 0 Å². The largest absolute Gasteiger partial charge is 0.454 e. The molecule has 0 spiro atoms. The number of anilines is 2. The van der Waals surface area contributed by atoms with Gasteiger partial charge in [-0.05, 0) is 46.3 Å². The summed E-state index contributed by atoms with van der Waals surface area (Å²) in [7, 11) is 3.90. The van der Waals surface area contributed by atoms with Crippen molar-refractivity contribution in [2.75, 3.05) is 24.7 Å². The third-order valence-corrected chi connectivity index (χ3v) is 3.41. The molecule has 0 saturated carbocycles. The first-order valence-electron chi connectivity index (χ1n) is 5.95. The molecule has 2 N–H and O–H groups in total. The van der Waals surface area contributed by atoms with Crippen molar-refractivity contribution < 1.29 is 4.74 Å². The van der Waals surface area contributed by atoms with Gasteiger partial charge in [-0.25, -0.2) is 0 Å². The van der Waals surface area contributed by atoms with E-state index in [2.05, 4.69) is 22.0 Å². The highest BCUT2D eigenvalue weighted by atomic mass is 79.9. The van der Waals surface area contributed by atoms with Gasteiger partial charge in [-0.2, -0.15) is 5.26 Å². The lowest BCUT2D eigenvalue weighted by Crippen LogP contribution is -2.08. The first-order chi connectivity index (χ1) is 9.51. The molecule has 0 amide bonds. The topological polar surface area (TPSA) is 62.3 Å². The van der Waals surface area contributed by atoms with Crippen LogP contribution in [0.15, 0.2) is 40.9 Å². The number of nitrogens with zero attached hydrogens (tertiary/aromatic N) is 2. The van der Waals surface area contributed by atoms with Crippen LogP contribution in [0.5, 0.6) is 11.5 Å². The Labute approximate surface area is 126 Å². The minimum Gasteiger partial charge on any atom is -0.454 e. The third kappa shape index (κ3) is 3.03. The van der Waals surface area contributed by atoms with Gasteiger partial charge in [0.15, 0.2) is 5.75 Å². The highest BCUT2D eigenvalue weighted by Crippen LogP contribution is 2.35.